The molecule has 9 nitrogen and oxygen atoms in total. The Morgan fingerprint density at radius 1 is 1.09 bits per heavy atom. The molecule has 0 saturated carbocycles. The molecular weight excluding hydrogens is 488 g/mol. The number of aromatic nitrogens is 4. The van der Waals surface area contributed by atoms with Gasteiger partial charge in [0.25, 0.3) is 5.91 Å². The lowest BCUT2D eigenvalue weighted by molar-refractivity contribution is 0.0986. The first-order chi connectivity index (χ1) is 16.7. The van der Waals surface area contributed by atoms with Crippen molar-refractivity contribution < 1.29 is 13.2 Å². The fraction of sp³-hybridized carbons (Fsp3) is 0.0833. The number of sulfone groups is 1. The van der Waals surface area contributed by atoms with E-state index < -0.39 is 15.7 Å². The van der Waals surface area contributed by atoms with E-state index in [4.69, 9.17) is 17.3 Å². The van der Waals surface area contributed by atoms with Gasteiger partial charge in [-0.25, -0.2) is 17.9 Å². The minimum absolute atomic E-state index is 0.0171. The Morgan fingerprint density at radius 3 is 2.71 bits per heavy atom. The van der Waals surface area contributed by atoms with E-state index in [9.17, 15) is 13.2 Å². The number of anilines is 2. The zero-order chi connectivity index (χ0) is 24.7. The van der Waals surface area contributed by atoms with E-state index in [0.717, 1.165) is 6.26 Å². The summed E-state index contributed by atoms with van der Waals surface area (Å²) < 4.78 is 26.8. The number of rotatable bonds is 5. The SMILES string of the molecule is CS(=O)(=O)c1ccc(Cl)cc1N(Cc1ccc2ncc(N)nc2c1)C(=O)c1cnn2ccccc12. The number of amides is 1. The maximum atomic E-state index is 13.9. The van der Waals surface area contributed by atoms with Gasteiger partial charge in [-0.05, 0) is 48.0 Å². The maximum Gasteiger partial charge on any atom is 0.262 e. The summed E-state index contributed by atoms with van der Waals surface area (Å²) in [5.41, 5.74) is 8.75. The van der Waals surface area contributed by atoms with Crippen LogP contribution in [0.2, 0.25) is 5.02 Å². The van der Waals surface area contributed by atoms with E-state index >= 15 is 0 Å². The first-order valence-electron chi connectivity index (χ1n) is 10.5. The number of carbonyl (C=O) groups is 1. The lowest BCUT2D eigenvalue weighted by atomic mass is 10.1. The van der Waals surface area contributed by atoms with Crippen molar-refractivity contribution in [2.45, 2.75) is 11.4 Å². The summed E-state index contributed by atoms with van der Waals surface area (Å²) in [4.78, 5) is 23.8. The predicted molar refractivity (Wildman–Crippen MR) is 134 cm³/mol. The zero-order valence-corrected chi connectivity index (χ0v) is 20.0. The molecule has 0 unspecified atom stereocenters. The zero-order valence-electron chi connectivity index (χ0n) is 18.5. The number of nitrogens with zero attached hydrogens (tertiary/aromatic N) is 5. The third-order valence-corrected chi connectivity index (χ3v) is 6.86. The quantitative estimate of drug-likeness (QED) is 0.385. The summed E-state index contributed by atoms with van der Waals surface area (Å²) in [6.07, 6.45) is 5.74. The van der Waals surface area contributed by atoms with Gasteiger partial charge in [0.15, 0.2) is 9.84 Å². The average Bonchev–Trinajstić information content (AvgIpc) is 3.25. The van der Waals surface area contributed by atoms with Gasteiger partial charge >= 0.3 is 0 Å². The van der Waals surface area contributed by atoms with E-state index in [2.05, 4.69) is 15.1 Å². The monoisotopic (exact) mass is 506 g/mol. The number of carbonyl (C=O) groups excluding carboxylic acids is 1. The number of hydrogen-bond acceptors (Lipinski definition) is 7. The Bertz CT molecular complexity index is 1720. The molecule has 3 aromatic heterocycles. The Balaban J connectivity index is 1.68. The molecule has 5 rings (SSSR count). The Labute approximate surface area is 205 Å². The van der Waals surface area contributed by atoms with E-state index in [-0.39, 0.29) is 22.9 Å². The molecule has 2 aromatic carbocycles. The highest BCUT2D eigenvalue weighted by Crippen LogP contribution is 2.32. The topological polar surface area (TPSA) is 124 Å². The third kappa shape index (κ3) is 4.41. The highest BCUT2D eigenvalue weighted by molar-refractivity contribution is 7.90. The van der Waals surface area contributed by atoms with Gasteiger partial charge in [-0.1, -0.05) is 23.7 Å². The summed E-state index contributed by atoms with van der Waals surface area (Å²) in [6.45, 7) is 0.0400. The van der Waals surface area contributed by atoms with Gasteiger partial charge < -0.3 is 10.6 Å². The number of nitrogen functional groups attached to an aromatic ring is 1. The van der Waals surface area contributed by atoms with Crippen LogP contribution in [0.25, 0.3) is 16.6 Å². The van der Waals surface area contributed by atoms with Gasteiger partial charge in [0.2, 0.25) is 0 Å². The second-order valence-electron chi connectivity index (χ2n) is 7.98. The maximum absolute atomic E-state index is 13.9. The molecule has 0 aliphatic carbocycles. The fourth-order valence-corrected chi connectivity index (χ4v) is 4.91. The molecular formula is C24H19ClN6O3S. The minimum atomic E-state index is -3.68. The molecule has 0 aliphatic heterocycles. The molecule has 1 amide bonds. The predicted octanol–water partition coefficient (Wildman–Crippen LogP) is 3.76. The largest absolute Gasteiger partial charge is 0.382 e. The Hall–Kier alpha value is -4.02. The molecule has 0 bridgehead atoms. The summed E-state index contributed by atoms with van der Waals surface area (Å²) >= 11 is 6.25. The van der Waals surface area contributed by atoms with E-state index in [1.165, 1.54) is 35.5 Å². The molecule has 35 heavy (non-hydrogen) atoms. The van der Waals surface area contributed by atoms with Crippen molar-refractivity contribution in [2.24, 2.45) is 0 Å². The molecule has 0 fully saturated rings. The first kappa shape index (κ1) is 22.8. The average molecular weight is 507 g/mol. The third-order valence-electron chi connectivity index (χ3n) is 5.48. The molecule has 0 spiro atoms. The van der Waals surface area contributed by atoms with Crippen molar-refractivity contribution in [3.63, 3.8) is 0 Å². The smallest absolute Gasteiger partial charge is 0.262 e. The van der Waals surface area contributed by atoms with Crippen LogP contribution in [-0.2, 0) is 16.4 Å². The molecule has 0 radical (unpaired) electrons. The number of nitrogens with two attached hydrogens (primary N) is 1. The van der Waals surface area contributed by atoms with Crippen molar-refractivity contribution in [1.29, 1.82) is 0 Å². The van der Waals surface area contributed by atoms with Crippen molar-refractivity contribution in [1.82, 2.24) is 19.6 Å². The van der Waals surface area contributed by atoms with Gasteiger partial charge in [0.05, 0.1) is 51.6 Å². The second-order valence-corrected chi connectivity index (χ2v) is 10.4. The lowest BCUT2D eigenvalue weighted by Crippen LogP contribution is -2.31. The Morgan fingerprint density at radius 2 is 1.91 bits per heavy atom. The van der Waals surface area contributed by atoms with Crippen molar-refractivity contribution in [3.05, 3.63) is 89.3 Å². The molecule has 2 N–H and O–H groups in total. The fourth-order valence-electron chi connectivity index (χ4n) is 3.88. The van der Waals surface area contributed by atoms with Crippen LogP contribution >= 0.6 is 11.6 Å². The lowest BCUT2D eigenvalue weighted by Gasteiger charge is -2.25. The van der Waals surface area contributed by atoms with E-state index in [1.807, 2.05) is 0 Å². The summed E-state index contributed by atoms with van der Waals surface area (Å²) in [5, 5.41) is 4.55. The molecule has 176 valence electrons. The number of hydrogen-bond donors (Lipinski definition) is 1. The number of fused-ring (bicyclic) bond motifs is 2. The highest BCUT2D eigenvalue weighted by Gasteiger charge is 2.27. The molecule has 3 heterocycles. The molecule has 0 atom stereocenters. The summed E-state index contributed by atoms with van der Waals surface area (Å²) in [7, 11) is -3.68. The van der Waals surface area contributed by atoms with Crippen LogP contribution in [0, 0.1) is 0 Å². The van der Waals surface area contributed by atoms with Gasteiger partial charge in [-0.2, -0.15) is 5.10 Å². The van der Waals surface area contributed by atoms with Crippen LogP contribution in [0.15, 0.2) is 78.1 Å². The van der Waals surface area contributed by atoms with Crippen LogP contribution in [0.5, 0.6) is 0 Å². The summed E-state index contributed by atoms with van der Waals surface area (Å²) in [5.74, 6) is -0.166. The highest BCUT2D eigenvalue weighted by atomic mass is 35.5. The van der Waals surface area contributed by atoms with Gasteiger partial charge in [0.1, 0.15) is 5.82 Å². The van der Waals surface area contributed by atoms with E-state index in [0.29, 0.717) is 32.7 Å². The van der Waals surface area contributed by atoms with Crippen LogP contribution in [0.1, 0.15) is 15.9 Å². The van der Waals surface area contributed by atoms with Crippen LogP contribution in [-0.4, -0.2) is 40.2 Å². The second kappa shape index (κ2) is 8.64. The number of halogens is 1. The number of benzene rings is 2. The van der Waals surface area contributed by atoms with Gasteiger partial charge in [-0.15, -0.1) is 0 Å². The number of pyridine rings is 1. The summed E-state index contributed by atoms with van der Waals surface area (Å²) in [6, 6.07) is 15.0. The standard InChI is InChI=1S/C24H19ClN6O3S/c1-35(33,34)22-8-6-16(25)11-21(22)30(24(32)17-12-28-31-9-3-2-4-20(17)31)14-15-5-7-18-19(10-15)29-23(26)13-27-18/h2-13H,14H2,1H3,(H2,26,29). The van der Waals surface area contributed by atoms with E-state index in [1.54, 1.807) is 47.1 Å². The molecule has 0 saturated heterocycles. The molecule has 5 aromatic rings. The van der Waals surface area contributed by atoms with Crippen molar-refractivity contribution in [3.8, 4) is 0 Å². The molecule has 0 aliphatic rings. The Kier molecular flexibility index (Phi) is 5.62. The van der Waals surface area contributed by atoms with Crippen LogP contribution in [0.3, 0.4) is 0 Å². The minimum Gasteiger partial charge on any atom is -0.382 e. The van der Waals surface area contributed by atoms with Crippen molar-refractivity contribution in [2.75, 3.05) is 16.9 Å². The van der Waals surface area contributed by atoms with Crippen LogP contribution in [0.4, 0.5) is 11.5 Å². The van der Waals surface area contributed by atoms with Crippen LogP contribution < -0.4 is 10.6 Å². The molecule has 11 heteroatoms. The first-order valence-corrected chi connectivity index (χ1v) is 12.7. The van der Waals surface area contributed by atoms with Gasteiger partial charge in [0, 0.05) is 17.5 Å². The van der Waals surface area contributed by atoms with Crippen molar-refractivity contribution >= 4 is 55.4 Å². The van der Waals surface area contributed by atoms with Gasteiger partial charge in [-0.3, -0.25) is 9.78 Å². The normalized spacial score (nSPS) is 11.7.